The normalized spacial score (nSPS) is 11.6. The molecule has 2 aromatic rings. The van der Waals surface area contributed by atoms with Crippen molar-refractivity contribution in [2.24, 2.45) is 0 Å². The van der Waals surface area contributed by atoms with Gasteiger partial charge in [-0.1, -0.05) is 38.1 Å². The van der Waals surface area contributed by atoms with Crippen LogP contribution < -0.4 is 0 Å². The Morgan fingerprint density at radius 3 is 2.32 bits per heavy atom. The fraction of sp³-hybridized carbons (Fsp3) is 0.400. The van der Waals surface area contributed by atoms with Crippen molar-refractivity contribution < 1.29 is 0 Å². The van der Waals surface area contributed by atoms with E-state index in [1.54, 1.807) is 0 Å². The highest BCUT2D eigenvalue weighted by atomic mass is 15.2. The fourth-order valence-corrected chi connectivity index (χ4v) is 1.76. The van der Waals surface area contributed by atoms with Gasteiger partial charge in [0.15, 0.2) is 5.82 Å². The molecule has 0 saturated carbocycles. The average Bonchev–Trinajstić information content (AvgIpc) is 2.88. The number of H-pyrrole nitrogens is 1. The number of nitrogens with one attached hydrogen (secondary N) is 1. The van der Waals surface area contributed by atoms with Gasteiger partial charge in [-0.05, 0) is 19.4 Å². The van der Waals surface area contributed by atoms with Gasteiger partial charge in [-0.3, -0.25) is 5.10 Å². The summed E-state index contributed by atoms with van der Waals surface area (Å²) in [6, 6.07) is 10.1. The lowest BCUT2D eigenvalue weighted by Crippen LogP contribution is -2.13. The van der Waals surface area contributed by atoms with Crippen LogP contribution in [-0.4, -0.2) is 15.2 Å². The van der Waals surface area contributed by atoms with E-state index in [4.69, 9.17) is 5.26 Å². The van der Waals surface area contributed by atoms with Gasteiger partial charge in [0.05, 0.1) is 11.5 Å². The van der Waals surface area contributed by atoms with E-state index in [-0.39, 0.29) is 0 Å². The summed E-state index contributed by atoms with van der Waals surface area (Å²) < 4.78 is 0. The lowest BCUT2D eigenvalue weighted by atomic mass is 9.86. The third-order valence-electron chi connectivity index (χ3n) is 3.19. The number of aromatic amines is 1. The zero-order chi connectivity index (χ0) is 14.0. The SMILES string of the molecule is CC(C)c1nc(-c2ccc(C(C)(C)C#N)cc2)n[nH]1. The Kier molecular flexibility index (Phi) is 3.39. The maximum absolute atomic E-state index is 9.12. The molecule has 0 aliphatic heterocycles. The third kappa shape index (κ3) is 2.65. The molecule has 0 radical (unpaired) electrons. The van der Waals surface area contributed by atoms with Crippen LogP contribution in [0.25, 0.3) is 11.4 Å². The van der Waals surface area contributed by atoms with E-state index < -0.39 is 5.41 Å². The van der Waals surface area contributed by atoms with Crippen LogP contribution >= 0.6 is 0 Å². The summed E-state index contributed by atoms with van der Waals surface area (Å²) in [7, 11) is 0. The lowest BCUT2D eigenvalue weighted by Gasteiger charge is -2.15. The molecule has 0 aliphatic rings. The predicted molar refractivity (Wildman–Crippen MR) is 74.5 cm³/mol. The van der Waals surface area contributed by atoms with Gasteiger partial charge < -0.3 is 0 Å². The Labute approximate surface area is 113 Å². The molecule has 0 unspecified atom stereocenters. The van der Waals surface area contributed by atoms with E-state index in [1.807, 2.05) is 38.1 Å². The number of nitriles is 1. The number of hydrogen-bond acceptors (Lipinski definition) is 3. The van der Waals surface area contributed by atoms with Crippen LogP contribution in [0.5, 0.6) is 0 Å². The Morgan fingerprint density at radius 1 is 1.21 bits per heavy atom. The van der Waals surface area contributed by atoms with E-state index in [9.17, 15) is 0 Å². The molecule has 1 aromatic heterocycles. The van der Waals surface area contributed by atoms with Crippen LogP contribution in [0.4, 0.5) is 0 Å². The molecule has 0 aliphatic carbocycles. The van der Waals surface area contributed by atoms with Crippen LogP contribution in [0.2, 0.25) is 0 Å². The predicted octanol–water partition coefficient (Wildman–Crippen LogP) is 3.40. The summed E-state index contributed by atoms with van der Waals surface area (Å²) in [5, 5.41) is 16.3. The largest absolute Gasteiger partial charge is 0.262 e. The zero-order valence-corrected chi connectivity index (χ0v) is 11.7. The van der Waals surface area contributed by atoms with Gasteiger partial charge in [-0.15, -0.1) is 0 Å². The van der Waals surface area contributed by atoms with Gasteiger partial charge in [-0.25, -0.2) is 4.98 Å². The smallest absolute Gasteiger partial charge is 0.181 e. The molecule has 0 amide bonds. The lowest BCUT2D eigenvalue weighted by molar-refractivity contribution is 0.687. The quantitative estimate of drug-likeness (QED) is 0.912. The second-order valence-electron chi connectivity index (χ2n) is 5.51. The van der Waals surface area contributed by atoms with Crippen LogP contribution in [0.1, 0.15) is 45.0 Å². The molecule has 0 saturated heterocycles. The highest BCUT2D eigenvalue weighted by Crippen LogP contribution is 2.25. The van der Waals surface area contributed by atoms with Gasteiger partial charge in [0.1, 0.15) is 5.82 Å². The molecular formula is C15H18N4. The van der Waals surface area contributed by atoms with Crippen molar-refractivity contribution in [2.75, 3.05) is 0 Å². The van der Waals surface area contributed by atoms with Crippen molar-refractivity contribution in [3.8, 4) is 17.5 Å². The van der Waals surface area contributed by atoms with Gasteiger partial charge in [0.25, 0.3) is 0 Å². The monoisotopic (exact) mass is 254 g/mol. The van der Waals surface area contributed by atoms with Crippen LogP contribution in [-0.2, 0) is 5.41 Å². The first-order chi connectivity index (χ1) is 8.94. The first-order valence-corrected chi connectivity index (χ1v) is 6.38. The number of aromatic nitrogens is 3. The van der Waals surface area contributed by atoms with Crippen molar-refractivity contribution in [1.29, 1.82) is 5.26 Å². The minimum absolute atomic E-state index is 0.332. The first kappa shape index (κ1) is 13.3. The molecule has 2 rings (SSSR count). The molecule has 0 bridgehead atoms. The topological polar surface area (TPSA) is 65.4 Å². The van der Waals surface area contributed by atoms with Gasteiger partial charge >= 0.3 is 0 Å². The van der Waals surface area contributed by atoms with Crippen LogP contribution in [0.15, 0.2) is 24.3 Å². The summed E-state index contributed by atoms with van der Waals surface area (Å²) in [6.07, 6.45) is 0. The second kappa shape index (κ2) is 4.85. The number of rotatable bonds is 3. The summed E-state index contributed by atoms with van der Waals surface area (Å²) in [4.78, 5) is 4.46. The second-order valence-corrected chi connectivity index (χ2v) is 5.51. The Morgan fingerprint density at radius 2 is 1.84 bits per heavy atom. The van der Waals surface area contributed by atoms with Crippen molar-refractivity contribution >= 4 is 0 Å². The van der Waals surface area contributed by atoms with Crippen molar-refractivity contribution in [3.05, 3.63) is 35.7 Å². The zero-order valence-electron chi connectivity index (χ0n) is 11.7. The van der Waals surface area contributed by atoms with E-state index in [0.717, 1.165) is 17.0 Å². The summed E-state index contributed by atoms with van der Waals surface area (Å²) in [5.41, 5.74) is 1.49. The van der Waals surface area contributed by atoms with Crippen molar-refractivity contribution in [3.63, 3.8) is 0 Å². The highest BCUT2D eigenvalue weighted by molar-refractivity contribution is 5.55. The highest BCUT2D eigenvalue weighted by Gasteiger charge is 2.19. The molecule has 0 fully saturated rings. The molecule has 4 heteroatoms. The van der Waals surface area contributed by atoms with E-state index >= 15 is 0 Å². The van der Waals surface area contributed by atoms with Crippen molar-refractivity contribution in [2.45, 2.75) is 39.0 Å². The number of hydrogen-bond donors (Lipinski definition) is 1. The first-order valence-electron chi connectivity index (χ1n) is 6.38. The molecule has 0 spiro atoms. The Bertz CT molecular complexity index is 600. The van der Waals surface area contributed by atoms with Gasteiger partial charge in [0, 0.05) is 11.5 Å². The molecule has 1 heterocycles. The molecule has 1 aromatic carbocycles. The van der Waals surface area contributed by atoms with Crippen LogP contribution in [0, 0.1) is 11.3 Å². The average molecular weight is 254 g/mol. The summed E-state index contributed by atoms with van der Waals surface area (Å²) in [5.74, 6) is 1.92. The molecular weight excluding hydrogens is 236 g/mol. The number of benzene rings is 1. The summed E-state index contributed by atoms with van der Waals surface area (Å²) >= 11 is 0. The molecule has 19 heavy (non-hydrogen) atoms. The molecule has 98 valence electrons. The minimum atomic E-state index is -0.472. The maximum atomic E-state index is 9.12. The van der Waals surface area contributed by atoms with E-state index in [2.05, 4.69) is 35.1 Å². The molecule has 0 atom stereocenters. The van der Waals surface area contributed by atoms with E-state index in [0.29, 0.717) is 11.7 Å². The fourth-order valence-electron chi connectivity index (χ4n) is 1.76. The maximum Gasteiger partial charge on any atom is 0.181 e. The van der Waals surface area contributed by atoms with Gasteiger partial charge in [0.2, 0.25) is 0 Å². The Balaban J connectivity index is 2.30. The molecule has 1 N–H and O–H groups in total. The third-order valence-corrected chi connectivity index (χ3v) is 3.19. The minimum Gasteiger partial charge on any atom is -0.262 e. The number of nitrogens with zero attached hydrogens (tertiary/aromatic N) is 3. The van der Waals surface area contributed by atoms with Crippen LogP contribution in [0.3, 0.4) is 0 Å². The summed E-state index contributed by atoms with van der Waals surface area (Å²) in [6.45, 7) is 7.96. The molecule has 4 nitrogen and oxygen atoms in total. The Hall–Kier alpha value is -2.15. The van der Waals surface area contributed by atoms with Gasteiger partial charge in [-0.2, -0.15) is 10.4 Å². The standard InChI is InChI=1S/C15H18N4/c1-10(2)13-17-14(19-18-13)11-5-7-12(8-6-11)15(3,4)9-16/h5-8,10H,1-4H3,(H,17,18,19). The van der Waals surface area contributed by atoms with Crippen molar-refractivity contribution in [1.82, 2.24) is 15.2 Å². The van der Waals surface area contributed by atoms with E-state index in [1.165, 1.54) is 0 Å².